The van der Waals surface area contributed by atoms with Gasteiger partial charge in [0.05, 0.1) is 37.7 Å². The van der Waals surface area contributed by atoms with E-state index in [0.29, 0.717) is 6.42 Å². The van der Waals surface area contributed by atoms with Gasteiger partial charge in [0.1, 0.15) is 54.7 Å². The minimum absolute atomic E-state index is 0.149. The van der Waals surface area contributed by atoms with Gasteiger partial charge in [-0.05, 0) is 12.5 Å². The van der Waals surface area contributed by atoms with Gasteiger partial charge in [-0.25, -0.2) is 23.4 Å². The van der Waals surface area contributed by atoms with E-state index >= 15 is 0 Å². The predicted molar refractivity (Wildman–Crippen MR) is 172 cm³/mol. The summed E-state index contributed by atoms with van der Waals surface area (Å²) in [6.07, 6.45) is -12.0. The number of aliphatic hydroxyl groups excluding tert-OH is 7. The lowest BCUT2D eigenvalue weighted by Crippen LogP contribution is -2.68. The molecule has 25 heteroatoms. The third-order valence-corrected chi connectivity index (χ3v) is 9.56. The number of carbonyl (C=O) groups excluding carboxylic acids is 1. The number of nitrogens with two attached hydrogens (primary N) is 1. The number of nitrogen functional groups attached to an aromatic ring is 1. The first-order chi connectivity index (χ1) is 24.9. The summed E-state index contributed by atoms with van der Waals surface area (Å²) in [4.78, 5) is 51.7. The van der Waals surface area contributed by atoms with E-state index < -0.39 is 118 Å². The van der Waals surface area contributed by atoms with Crippen LogP contribution in [0.1, 0.15) is 57.1 Å². The summed E-state index contributed by atoms with van der Waals surface area (Å²) in [6.45, 7) is -0.726. The fraction of sp³-hybridized carbons (Fsp3) is 0.714. The van der Waals surface area contributed by atoms with Crippen LogP contribution in [0.25, 0.3) is 0 Å². The number of ether oxygens (including phenoxy) is 2. The molecule has 0 aromatic carbocycles. The molecule has 2 aromatic rings. The highest BCUT2D eigenvalue weighted by Gasteiger charge is 2.59. The van der Waals surface area contributed by atoms with Crippen molar-refractivity contribution in [3.05, 3.63) is 34.6 Å². The number of hydrogen-bond acceptors (Lipinski definition) is 19. The second-order valence-electron chi connectivity index (χ2n) is 12.5. The zero-order chi connectivity index (χ0) is 39.2. The van der Waals surface area contributed by atoms with Crippen LogP contribution in [-0.4, -0.2) is 150 Å². The minimum Gasteiger partial charge on any atom is -0.477 e. The summed E-state index contributed by atoms with van der Waals surface area (Å²) in [5.41, 5.74) is 4.67. The fourth-order valence-corrected chi connectivity index (χ4v) is 6.70. The van der Waals surface area contributed by atoms with Gasteiger partial charge in [-0.15, -0.1) is 5.10 Å². The molecule has 53 heavy (non-hydrogen) atoms. The number of hydrogen-bond donors (Lipinski definition) is 11. The van der Waals surface area contributed by atoms with Gasteiger partial charge in [0.2, 0.25) is 5.91 Å². The van der Waals surface area contributed by atoms with Crippen molar-refractivity contribution in [1.29, 1.82) is 0 Å². The van der Waals surface area contributed by atoms with Gasteiger partial charge in [0, 0.05) is 12.6 Å². The van der Waals surface area contributed by atoms with E-state index in [0.717, 1.165) is 34.7 Å². The standard InChI is InChI=1S/C28H44N7O17P/c1-2-3-4-5-14(37)13-9-34(33-32-13)10-19(40)31-20-15(38)8-28(26(44)45,51-24(20)21(41)16(39)11-36)52-53(47,48)49-12-17-22(42)23(43)25(50-17)35-7-6-18(29)30-27(35)46/h6-7,9,14-17,20-25,36-39,41-43H,2-5,8,10-12H2,1H3,(H,31,40)(H,44,45)(H,47,48)(H2,29,30,46)/t14?,15-,16+,17+,20+,21+,22+,23+,24+,25+,28+/m0/s1. The summed E-state index contributed by atoms with van der Waals surface area (Å²) in [5.74, 6) is -6.49. The SMILES string of the molecule is CCCCCC(O)c1cn(CC(=O)N[C@H]2[C@H]([C@H](O)[C@H](O)CO)O[C@](OP(=O)(O)OC[C@H]3O[C@@H](n4ccc(N)nc4=O)[C@H](O)[C@@H]3O)(C(=O)O)C[C@@H]2O)nn1. The number of aliphatic carboxylic acids is 1. The first kappa shape index (κ1) is 42.3. The molecule has 2 aliphatic rings. The molecule has 4 heterocycles. The molecule has 0 spiro atoms. The molecule has 1 amide bonds. The Kier molecular flexibility index (Phi) is 14.2. The van der Waals surface area contributed by atoms with E-state index in [9.17, 15) is 64.7 Å². The van der Waals surface area contributed by atoms with Crippen molar-refractivity contribution >= 4 is 25.5 Å². The number of unbranched alkanes of at least 4 members (excludes halogenated alkanes) is 2. The fourth-order valence-electron chi connectivity index (χ4n) is 5.74. The predicted octanol–water partition coefficient (Wildman–Crippen LogP) is -4.39. The highest BCUT2D eigenvalue weighted by molar-refractivity contribution is 7.47. The molecular weight excluding hydrogens is 737 g/mol. The van der Waals surface area contributed by atoms with Crippen LogP contribution in [0.15, 0.2) is 23.3 Å². The van der Waals surface area contributed by atoms with Crippen molar-refractivity contribution < 1.29 is 78.4 Å². The Morgan fingerprint density at radius 1 is 1.21 bits per heavy atom. The maximum Gasteiger partial charge on any atom is 0.475 e. The molecule has 2 unspecified atom stereocenters. The first-order valence-corrected chi connectivity index (χ1v) is 17.9. The van der Waals surface area contributed by atoms with Crippen LogP contribution in [0.3, 0.4) is 0 Å². The molecule has 2 fully saturated rings. The summed E-state index contributed by atoms with van der Waals surface area (Å²) in [6, 6.07) is -0.537. The van der Waals surface area contributed by atoms with Crippen molar-refractivity contribution in [3.8, 4) is 0 Å². The summed E-state index contributed by atoms with van der Waals surface area (Å²) >= 11 is 0. The quantitative estimate of drug-likeness (QED) is 0.0502. The largest absolute Gasteiger partial charge is 0.477 e. The van der Waals surface area contributed by atoms with E-state index in [-0.39, 0.29) is 11.5 Å². The van der Waals surface area contributed by atoms with Gasteiger partial charge in [-0.2, -0.15) is 4.98 Å². The second-order valence-corrected chi connectivity index (χ2v) is 13.9. The number of nitrogens with one attached hydrogen (secondary N) is 1. The minimum atomic E-state index is -5.62. The van der Waals surface area contributed by atoms with Crippen molar-refractivity contribution in [2.24, 2.45) is 0 Å². The lowest BCUT2D eigenvalue weighted by atomic mass is 9.88. The van der Waals surface area contributed by atoms with E-state index in [1.54, 1.807) is 0 Å². The van der Waals surface area contributed by atoms with Gasteiger partial charge >= 0.3 is 19.5 Å². The number of carboxylic acids is 1. The highest BCUT2D eigenvalue weighted by Crippen LogP contribution is 2.51. The monoisotopic (exact) mass is 781 g/mol. The van der Waals surface area contributed by atoms with Crippen LogP contribution < -0.4 is 16.7 Å². The molecule has 2 aromatic heterocycles. The van der Waals surface area contributed by atoms with Crippen LogP contribution >= 0.6 is 7.82 Å². The molecule has 298 valence electrons. The zero-order valence-electron chi connectivity index (χ0n) is 28.2. The number of aromatic nitrogens is 5. The van der Waals surface area contributed by atoms with Crippen molar-refractivity contribution in [3.63, 3.8) is 0 Å². The van der Waals surface area contributed by atoms with Crippen LogP contribution in [0, 0.1) is 0 Å². The van der Waals surface area contributed by atoms with E-state index in [4.69, 9.17) is 24.3 Å². The van der Waals surface area contributed by atoms with Crippen molar-refractivity contribution in [2.45, 2.75) is 112 Å². The molecule has 2 aliphatic heterocycles. The molecule has 4 rings (SSSR count). The van der Waals surface area contributed by atoms with Crippen LogP contribution in [0.5, 0.6) is 0 Å². The Morgan fingerprint density at radius 3 is 2.57 bits per heavy atom. The Labute approximate surface area is 299 Å². The van der Waals surface area contributed by atoms with Crippen molar-refractivity contribution in [2.75, 3.05) is 18.9 Å². The van der Waals surface area contributed by atoms with Gasteiger partial charge in [-0.3, -0.25) is 13.9 Å². The molecule has 2 saturated heterocycles. The summed E-state index contributed by atoms with van der Waals surface area (Å²) in [5, 5.41) is 92.7. The number of rotatable bonds is 18. The zero-order valence-corrected chi connectivity index (χ0v) is 29.1. The average molecular weight is 782 g/mol. The van der Waals surface area contributed by atoms with Gasteiger partial charge in [0.15, 0.2) is 6.23 Å². The summed E-state index contributed by atoms with van der Waals surface area (Å²) < 4.78 is 35.5. The molecule has 0 bridgehead atoms. The average Bonchev–Trinajstić information content (AvgIpc) is 3.67. The maximum absolute atomic E-state index is 13.1. The Bertz CT molecular complexity index is 1670. The van der Waals surface area contributed by atoms with Crippen LogP contribution in [0.2, 0.25) is 0 Å². The maximum atomic E-state index is 13.1. The molecule has 0 aliphatic carbocycles. The molecule has 0 saturated carbocycles. The van der Waals surface area contributed by atoms with E-state index in [2.05, 4.69) is 20.6 Å². The Balaban J connectivity index is 1.47. The van der Waals surface area contributed by atoms with E-state index in [1.165, 1.54) is 12.3 Å². The van der Waals surface area contributed by atoms with Crippen LogP contribution in [0.4, 0.5) is 5.82 Å². The topological polar surface area (TPSA) is 374 Å². The number of amides is 1. The molecule has 0 radical (unpaired) electrons. The van der Waals surface area contributed by atoms with Crippen molar-refractivity contribution in [1.82, 2.24) is 29.9 Å². The third-order valence-electron chi connectivity index (χ3n) is 8.56. The first-order valence-electron chi connectivity index (χ1n) is 16.4. The van der Waals surface area contributed by atoms with Crippen LogP contribution in [-0.2, 0) is 39.2 Å². The van der Waals surface area contributed by atoms with Gasteiger partial charge in [0.25, 0.3) is 5.79 Å². The number of aliphatic hydroxyl groups is 7. The third kappa shape index (κ3) is 10.2. The lowest BCUT2D eigenvalue weighted by molar-refractivity contribution is -0.289. The normalized spacial score (nSPS) is 30.3. The number of carbonyl (C=O) groups is 2. The highest BCUT2D eigenvalue weighted by atomic mass is 31.2. The number of anilines is 1. The molecule has 12 atom stereocenters. The van der Waals surface area contributed by atoms with Gasteiger partial charge in [-0.1, -0.05) is 31.4 Å². The molecular formula is C28H44N7O17P. The molecule has 12 N–H and O–H groups in total. The van der Waals surface area contributed by atoms with E-state index in [1.807, 2.05) is 6.92 Å². The number of carboxylic acid groups (broad SMARTS) is 1. The smallest absolute Gasteiger partial charge is 0.475 e. The summed E-state index contributed by atoms with van der Waals surface area (Å²) in [7, 11) is -5.62. The molecule has 24 nitrogen and oxygen atoms in total. The number of phosphoric ester groups is 1. The number of phosphoric acid groups is 1. The lowest BCUT2D eigenvalue weighted by Gasteiger charge is -2.46. The Morgan fingerprint density at radius 2 is 1.92 bits per heavy atom. The Hall–Kier alpha value is -3.49. The van der Waals surface area contributed by atoms with Gasteiger partial charge < -0.3 is 66.3 Å². The number of nitrogens with zero attached hydrogens (tertiary/aromatic N) is 5. The second kappa shape index (κ2) is 17.8.